The summed E-state index contributed by atoms with van der Waals surface area (Å²) < 4.78 is 22.6. The number of carbonyl (C=O) groups is 3. The summed E-state index contributed by atoms with van der Waals surface area (Å²) in [4.78, 5) is 36.0. The zero-order chi connectivity index (χ0) is 24.7. The fourth-order valence-corrected chi connectivity index (χ4v) is 4.70. The molecule has 1 aliphatic carbocycles. The molecule has 5 rings (SSSR count). The average Bonchev–Trinajstić information content (AvgIpc) is 2.92. The first-order chi connectivity index (χ1) is 16.8. The van der Waals surface area contributed by atoms with Crippen LogP contribution in [-0.2, 0) is 19.9 Å². The van der Waals surface area contributed by atoms with E-state index in [4.69, 9.17) is 18.9 Å². The highest BCUT2D eigenvalue weighted by molar-refractivity contribution is 7.96. The molecule has 1 spiro atoms. The summed E-state index contributed by atoms with van der Waals surface area (Å²) in [6.45, 7) is 1.29. The van der Waals surface area contributed by atoms with Gasteiger partial charge in [0, 0.05) is 42.4 Å². The zero-order valence-corrected chi connectivity index (χ0v) is 19.5. The number of fused-ring (bicyclic) bond motifs is 6. The van der Waals surface area contributed by atoms with Gasteiger partial charge < -0.3 is 24.1 Å². The summed E-state index contributed by atoms with van der Waals surface area (Å²) in [6.07, 6.45) is 6.50. The van der Waals surface area contributed by atoms with E-state index in [0.29, 0.717) is 46.6 Å². The van der Waals surface area contributed by atoms with Crippen LogP contribution < -0.4 is 14.2 Å². The normalized spacial score (nSPS) is 19.6. The predicted molar refractivity (Wildman–Crippen MR) is 127 cm³/mol. The fraction of sp³-hybridized carbons (Fsp3) is 0.192. The van der Waals surface area contributed by atoms with E-state index in [1.54, 1.807) is 36.4 Å². The zero-order valence-electron chi connectivity index (χ0n) is 18.6. The Kier molecular flexibility index (Phi) is 5.74. The number of aliphatic hydroxyl groups is 1. The number of aliphatic hydroxyl groups excluding tert-OH is 1. The lowest BCUT2D eigenvalue weighted by Crippen LogP contribution is -2.32. The molecule has 0 radical (unpaired) electrons. The molecule has 35 heavy (non-hydrogen) atoms. The van der Waals surface area contributed by atoms with Gasteiger partial charge >= 0.3 is 17.2 Å². The molecule has 2 aliphatic heterocycles. The van der Waals surface area contributed by atoms with Crippen LogP contribution in [0.3, 0.4) is 0 Å². The third kappa shape index (κ3) is 3.92. The average molecular weight is 493 g/mol. The number of carbonyl (C=O) groups excluding carboxylic acids is 3. The van der Waals surface area contributed by atoms with Crippen molar-refractivity contribution < 1.29 is 38.4 Å². The van der Waals surface area contributed by atoms with E-state index in [9.17, 15) is 19.5 Å². The maximum Gasteiger partial charge on any atom is 0.369 e. The van der Waals surface area contributed by atoms with Crippen LogP contribution in [0.2, 0.25) is 0 Å². The Hall–Kier alpha value is -3.82. The highest BCUT2D eigenvalue weighted by atomic mass is 32.1. The molecule has 0 bridgehead atoms. The Morgan fingerprint density at radius 1 is 1.06 bits per heavy atom. The van der Waals surface area contributed by atoms with Gasteiger partial charge in [0.2, 0.25) is 0 Å². The fourth-order valence-electron chi connectivity index (χ4n) is 4.59. The minimum Gasteiger partial charge on any atom is -0.456 e. The minimum atomic E-state index is -1.35. The Morgan fingerprint density at radius 3 is 2.31 bits per heavy atom. The molecule has 8 nitrogen and oxygen atoms in total. The largest absolute Gasteiger partial charge is 0.456 e. The van der Waals surface area contributed by atoms with Gasteiger partial charge in [0.15, 0.2) is 5.60 Å². The lowest BCUT2D eigenvalue weighted by Gasteiger charge is -2.36. The number of hydrogen-bond donors (Lipinski definition) is 2. The molecule has 1 N–H and O–H groups in total. The van der Waals surface area contributed by atoms with Crippen molar-refractivity contribution in [2.24, 2.45) is 0 Å². The van der Waals surface area contributed by atoms with Gasteiger partial charge in [0.25, 0.3) is 0 Å². The van der Waals surface area contributed by atoms with E-state index in [1.807, 2.05) is 12.2 Å². The molecular formula is C26H20O8S. The second-order valence-corrected chi connectivity index (χ2v) is 8.52. The molecule has 0 aromatic heterocycles. The number of esters is 2. The van der Waals surface area contributed by atoms with Gasteiger partial charge in [-0.2, -0.15) is 0 Å². The van der Waals surface area contributed by atoms with Gasteiger partial charge in [-0.3, -0.25) is 4.79 Å². The molecule has 1 atom stereocenters. The maximum absolute atomic E-state index is 13.2. The third-order valence-corrected chi connectivity index (χ3v) is 6.06. The van der Waals surface area contributed by atoms with Crippen LogP contribution in [0, 0.1) is 0 Å². The summed E-state index contributed by atoms with van der Waals surface area (Å²) >= 11 is 3.66. The molecule has 1 saturated heterocycles. The van der Waals surface area contributed by atoms with Gasteiger partial charge in [-0.05, 0) is 37.1 Å². The van der Waals surface area contributed by atoms with Crippen molar-refractivity contribution in [2.45, 2.75) is 25.4 Å². The second-order valence-electron chi connectivity index (χ2n) is 8.15. The van der Waals surface area contributed by atoms with Crippen LogP contribution in [0.4, 0.5) is 4.79 Å². The Bertz CT molecular complexity index is 1300. The van der Waals surface area contributed by atoms with Crippen molar-refractivity contribution >= 4 is 29.9 Å². The maximum atomic E-state index is 13.2. The quantitative estimate of drug-likeness (QED) is 0.365. The molecular weight excluding hydrogens is 472 g/mol. The first kappa shape index (κ1) is 22.9. The van der Waals surface area contributed by atoms with E-state index in [2.05, 4.69) is 12.6 Å². The topological polar surface area (TPSA) is 108 Å². The predicted octanol–water partition coefficient (Wildman–Crippen LogP) is 4.51. The van der Waals surface area contributed by atoms with Crippen LogP contribution in [0.15, 0.2) is 71.3 Å². The van der Waals surface area contributed by atoms with E-state index in [0.717, 1.165) is 5.57 Å². The van der Waals surface area contributed by atoms with Gasteiger partial charge in [0.05, 0.1) is 5.57 Å². The van der Waals surface area contributed by atoms with Crippen molar-refractivity contribution in [3.8, 4) is 23.0 Å². The number of ether oxygens (including phenoxy) is 4. The number of allylic oxidation sites excluding steroid dienone is 3. The van der Waals surface area contributed by atoms with Crippen molar-refractivity contribution in [2.75, 3.05) is 6.61 Å². The molecule has 2 heterocycles. The smallest absolute Gasteiger partial charge is 0.369 e. The first-order valence-electron chi connectivity index (χ1n) is 10.8. The highest BCUT2D eigenvalue weighted by Gasteiger charge is 2.55. The van der Waals surface area contributed by atoms with Gasteiger partial charge in [-0.25, -0.2) is 9.59 Å². The lowest BCUT2D eigenvalue weighted by molar-refractivity contribution is -0.143. The van der Waals surface area contributed by atoms with Crippen molar-refractivity contribution in [3.05, 3.63) is 82.5 Å². The monoisotopic (exact) mass is 492 g/mol. The van der Waals surface area contributed by atoms with Crippen LogP contribution in [-0.4, -0.2) is 29.0 Å². The van der Waals surface area contributed by atoms with Crippen molar-refractivity contribution in [3.63, 3.8) is 0 Å². The Balaban J connectivity index is 1.74. The minimum absolute atomic E-state index is 0.00115. The van der Waals surface area contributed by atoms with E-state index < -0.39 is 22.8 Å². The van der Waals surface area contributed by atoms with Gasteiger partial charge in [-0.1, -0.05) is 36.4 Å². The second kappa shape index (κ2) is 8.75. The summed E-state index contributed by atoms with van der Waals surface area (Å²) in [5, 5.41) is 8.58. The molecule has 0 saturated carbocycles. The number of hydrogen-bond acceptors (Lipinski definition) is 8. The number of thiol groups is 1. The van der Waals surface area contributed by atoms with Crippen LogP contribution in [0.25, 0.3) is 0 Å². The number of benzene rings is 2. The standard InChI is InChI=1S/C26H20O8S/c1-14(28)31-16-4-8-20-22(12-16)33-23-13-17(32-25(30)35)5-9-21(23)26(20)19-7-3-15(10-11-27)2-6-18(19)24(29)34-26/h3-9,12-13,27H,2,10-11H2,1H3,(H,30,35). The Morgan fingerprint density at radius 2 is 1.71 bits per heavy atom. The van der Waals surface area contributed by atoms with Crippen LogP contribution in [0.5, 0.6) is 23.0 Å². The number of rotatable bonds is 4. The van der Waals surface area contributed by atoms with Gasteiger partial charge in [-0.15, -0.1) is 0 Å². The van der Waals surface area contributed by atoms with E-state index in [-0.39, 0.29) is 18.1 Å². The SMILES string of the molecule is CC(=O)Oc1ccc2c(c1)Oc1cc(OC(=O)S)ccc1C21OC(=O)C2=CCC(CCO)=CC=C21. The summed E-state index contributed by atoms with van der Waals surface area (Å²) in [7, 11) is 0. The molecule has 3 aliphatic rings. The Labute approximate surface area is 205 Å². The molecule has 178 valence electrons. The highest BCUT2D eigenvalue weighted by Crippen LogP contribution is 2.58. The molecule has 1 unspecified atom stereocenters. The molecule has 2 aromatic rings. The van der Waals surface area contributed by atoms with Gasteiger partial charge in [0.1, 0.15) is 23.0 Å². The van der Waals surface area contributed by atoms with Crippen LogP contribution in [0.1, 0.15) is 30.9 Å². The lowest BCUT2D eigenvalue weighted by atomic mass is 9.76. The van der Waals surface area contributed by atoms with E-state index in [1.165, 1.54) is 13.0 Å². The third-order valence-electron chi connectivity index (χ3n) is 5.97. The first-order valence-corrected chi connectivity index (χ1v) is 11.3. The summed E-state index contributed by atoms with van der Waals surface area (Å²) in [5.74, 6) is 0.0621. The molecule has 2 aromatic carbocycles. The van der Waals surface area contributed by atoms with Crippen molar-refractivity contribution in [1.29, 1.82) is 0 Å². The van der Waals surface area contributed by atoms with E-state index >= 15 is 0 Å². The molecule has 1 fully saturated rings. The molecule has 0 amide bonds. The summed E-state index contributed by atoms with van der Waals surface area (Å²) in [5.41, 5.74) is 1.73. The molecule has 9 heteroatoms. The van der Waals surface area contributed by atoms with Crippen molar-refractivity contribution in [1.82, 2.24) is 0 Å². The summed E-state index contributed by atoms with van der Waals surface area (Å²) in [6, 6.07) is 9.58. The van der Waals surface area contributed by atoms with Crippen LogP contribution >= 0.6 is 12.6 Å².